The third kappa shape index (κ3) is 4.63. The lowest BCUT2D eigenvalue weighted by Crippen LogP contribution is -2.31. The van der Waals surface area contributed by atoms with Crippen molar-refractivity contribution in [1.82, 2.24) is 10.3 Å². The number of H-pyrrole nitrogens is 1. The first-order valence-electron chi connectivity index (χ1n) is 10.6. The number of nitrogens with one attached hydrogen (secondary N) is 2. The second-order valence-electron chi connectivity index (χ2n) is 8.09. The van der Waals surface area contributed by atoms with Crippen molar-refractivity contribution in [3.05, 3.63) is 77.6 Å². The van der Waals surface area contributed by atoms with Crippen molar-refractivity contribution in [3.63, 3.8) is 0 Å². The van der Waals surface area contributed by atoms with Crippen molar-refractivity contribution < 1.29 is 18.3 Å². The Hall–Kier alpha value is -3.15. The van der Waals surface area contributed by atoms with Gasteiger partial charge < -0.3 is 15.0 Å². The summed E-state index contributed by atoms with van der Waals surface area (Å²) in [6, 6.07) is 12.6. The molecule has 1 amide bonds. The van der Waals surface area contributed by atoms with Crippen LogP contribution < -0.4 is 10.1 Å². The van der Waals surface area contributed by atoms with Gasteiger partial charge in [0, 0.05) is 36.1 Å². The van der Waals surface area contributed by atoms with E-state index in [1.165, 1.54) is 12.7 Å². The van der Waals surface area contributed by atoms with E-state index in [0.717, 1.165) is 37.8 Å². The number of rotatable bonds is 6. The topological polar surface area (TPSA) is 54.1 Å². The standard InChI is InChI=1S/C25H26F2N2O2/c1-31-24-12-23(27)22(26)11-19(24)20-14-28-15-21(20)25(30)29-13-16-7-9-18(10-8-16)17-5-3-2-4-6-17/h2-6,11-12,14-16,18,28H,7-10,13H2,1H3,(H,29,30). The highest BCUT2D eigenvalue weighted by atomic mass is 19.2. The average Bonchev–Trinajstić information content (AvgIpc) is 3.30. The van der Waals surface area contributed by atoms with Gasteiger partial charge in [0.05, 0.1) is 12.7 Å². The van der Waals surface area contributed by atoms with E-state index >= 15 is 0 Å². The van der Waals surface area contributed by atoms with Crippen LogP contribution in [-0.4, -0.2) is 24.5 Å². The average molecular weight is 424 g/mol. The van der Waals surface area contributed by atoms with E-state index in [2.05, 4.69) is 34.6 Å². The zero-order valence-corrected chi connectivity index (χ0v) is 17.5. The molecule has 2 N–H and O–H groups in total. The molecule has 0 atom stereocenters. The van der Waals surface area contributed by atoms with Crippen molar-refractivity contribution in [2.24, 2.45) is 5.92 Å². The monoisotopic (exact) mass is 424 g/mol. The quantitative estimate of drug-likeness (QED) is 0.536. The van der Waals surface area contributed by atoms with Crippen LogP contribution in [0.3, 0.4) is 0 Å². The summed E-state index contributed by atoms with van der Waals surface area (Å²) in [5.74, 6) is -1.03. The van der Waals surface area contributed by atoms with Crippen LogP contribution in [0.5, 0.6) is 5.75 Å². The first kappa shape index (κ1) is 21.1. The maximum Gasteiger partial charge on any atom is 0.253 e. The summed E-state index contributed by atoms with van der Waals surface area (Å²) in [7, 11) is 1.38. The summed E-state index contributed by atoms with van der Waals surface area (Å²) in [6.07, 6.45) is 7.53. The Kier molecular flexibility index (Phi) is 6.35. The minimum Gasteiger partial charge on any atom is -0.496 e. The molecule has 4 nitrogen and oxygen atoms in total. The zero-order chi connectivity index (χ0) is 21.8. The molecule has 6 heteroatoms. The van der Waals surface area contributed by atoms with Gasteiger partial charge in [0.2, 0.25) is 0 Å². The molecule has 0 bridgehead atoms. The molecule has 1 saturated carbocycles. The molecule has 0 unspecified atom stereocenters. The largest absolute Gasteiger partial charge is 0.496 e. The molecule has 0 saturated heterocycles. The van der Waals surface area contributed by atoms with Crippen LogP contribution in [0.2, 0.25) is 0 Å². The number of carbonyl (C=O) groups excluding carboxylic acids is 1. The first-order chi connectivity index (χ1) is 15.1. The van der Waals surface area contributed by atoms with Gasteiger partial charge in [0.15, 0.2) is 11.6 Å². The minimum atomic E-state index is -0.992. The number of aromatic amines is 1. The van der Waals surface area contributed by atoms with E-state index in [1.807, 2.05) is 6.07 Å². The number of hydrogen-bond donors (Lipinski definition) is 2. The number of carbonyl (C=O) groups is 1. The summed E-state index contributed by atoms with van der Waals surface area (Å²) in [5, 5.41) is 3.02. The number of hydrogen-bond acceptors (Lipinski definition) is 2. The third-order valence-electron chi connectivity index (χ3n) is 6.19. The Bertz CT molecular complexity index is 1040. The summed E-state index contributed by atoms with van der Waals surface area (Å²) in [6.45, 7) is 0.597. The molecule has 162 valence electrons. The predicted molar refractivity (Wildman–Crippen MR) is 116 cm³/mol. The number of amides is 1. The molecule has 31 heavy (non-hydrogen) atoms. The fraction of sp³-hybridized carbons (Fsp3) is 0.320. The first-order valence-corrected chi connectivity index (χ1v) is 10.6. The van der Waals surface area contributed by atoms with Crippen LogP contribution in [0.1, 0.15) is 47.5 Å². The molecule has 0 aliphatic heterocycles. The molecule has 3 aromatic rings. The molecule has 1 aliphatic rings. The lowest BCUT2D eigenvalue weighted by atomic mass is 9.78. The molecule has 1 fully saturated rings. The molecule has 0 spiro atoms. The van der Waals surface area contributed by atoms with Gasteiger partial charge in [0.25, 0.3) is 5.91 Å². The number of ether oxygens (including phenoxy) is 1. The highest BCUT2D eigenvalue weighted by Crippen LogP contribution is 2.36. The van der Waals surface area contributed by atoms with Crippen molar-refractivity contribution in [2.45, 2.75) is 31.6 Å². The van der Waals surface area contributed by atoms with Crippen LogP contribution in [-0.2, 0) is 0 Å². The molecular formula is C25H26F2N2O2. The van der Waals surface area contributed by atoms with Crippen LogP contribution >= 0.6 is 0 Å². The highest BCUT2D eigenvalue weighted by Gasteiger charge is 2.24. The number of aromatic nitrogens is 1. The Morgan fingerprint density at radius 3 is 2.45 bits per heavy atom. The van der Waals surface area contributed by atoms with Gasteiger partial charge >= 0.3 is 0 Å². The molecular weight excluding hydrogens is 398 g/mol. The van der Waals surface area contributed by atoms with E-state index in [4.69, 9.17) is 4.74 Å². The normalized spacial score (nSPS) is 18.5. The molecule has 2 aromatic carbocycles. The Balaban J connectivity index is 1.39. The lowest BCUT2D eigenvalue weighted by Gasteiger charge is -2.29. The summed E-state index contributed by atoms with van der Waals surface area (Å²) in [4.78, 5) is 15.7. The maximum atomic E-state index is 13.8. The highest BCUT2D eigenvalue weighted by molar-refractivity contribution is 6.01. The summed E-state index contributed by atoms with van der Waals surface area (Å²) >= 11 is 0. The molecule has 1 heterocycles. The Morgan fingerprint density at radius 2 is 1.74 bits per heavy atom. The molecule has 1 aliphatic carbocycles. The fourth-order valence-electron chi connectivity index (χ4n) is 4.44. The Labute approximate surface area is 180 Å². The number of halogens is 2. The van der Waals surface area contributed by atoms with E-state index in [0.29, 0.717) is 35.1 Å². The second-order valence-corrected chi connectivity index (χ2v) is 8.09. The van der Waals surface area contributed by atoms with Gasteiger partial charge in [-0.05, 0) is 49.1 Å². The second kappa shape index (κ2) is 9.33. The fourth-order valence-corrected chi connectivity index (χ4v) is 4.44. The van der Waals surface area contributed by atoms with Crippen LogP contribution in [0, 0.1) is 17.6 Å². The van der Waals surface area contributed by atoms with E-state index in [1.54, 1.807) is 12.4 Å². The van der Waals surface area contributed by atoms with Gasteiger partial charge in [-0.25, -0.2) is 8.78 Å². The number of benzene rings is 2. The molecule has 4 rings (SSSR count). The van der Waals surface area contributed by atoms with Crippen LogP contribution in [0.4, 0.5) is 8.78 Å². The van der Waals surface area contributed by atoms with Gasteiger partial charge in [-0.15, -0.1) is 0 Å². The number of methoxy groups -OCH3 is 1. The van der Waals surface area contributed by atoms with E-state index in [9.17, 15) is 13.6 Å². The van der Waals surface area contributed by atoms with Crippen molar-refractivity contribution in [1.29, 1.82) is 0 Å². The SMILES string of the molecule is COc1cc(F)c(F)cc1-c1c[nH]cc1C(=O)NCC1CCC(c2ccccc2)CC1. The van der Waals surface area contributed by atoms with E-state index < -0.39 is 11.6 Å². The van der Waals surface area contributed by atoms with E-state index in [-0.39, 0.29) is 11.7 Å². The predicted octanol–water partition coefficient (Wildman–Crippen LogP) is 5.67. The summed E-state index contributed by atoms with van der Waals surface area (Å²) in [5.41, 5.74) is 2.57. The zero-order valence-electron chi connectivity index (χ0n) is 17.5. The maximum absolute atomic E-state index is 13.8. The van der Waals surface area contributed by atoms with Crippen molar-refractivity contribution >= 4 is 5.91 Å². The third-order valence-corrected chi connectivity index (χ3v) is 6.19. The van der Waals surface area contributed by atoms with Crippen molar-refractivity contribution in [2.75, 3.05) is 13.7 Å². The van der Waals surface area contributed by atoms with Gasteiger partial charge in [0.1, 0.15) is 5.75 Å². The van der Waals surface area contributed by atoms with Crippen LogP contribution in [0.25, 0.3) is 11.1 Å². The van der Waals surface area contributed by atoms with Crippen LogP contribution in [0.15, 0.2) is 54.9 Å². The van der Waals surface area contributed by atoms with Gasteiger partial charge in [-0.3, -0.25) is 4.79 Å². The van der Waals surface area contributed by atoms with Crippen molar-refractivity contribution in [3.8, 4) is 16.9 Å². The Morgan fingerprint density at radius 1 is 1.03 bits per heavy atom. The lowest BCUT2D eigenvalue weighted by molar-refractivity contribution is 0.0943. The minimum absolute atomic E-state index is 0.173. The molecule has 1 aromatic heterocycles. The molecule has 0 radical (unpaired) electrons. The van der Waals surface area contributed by atoms with Gasteiger partial charge in [-0.1, -0.05) is 30.3 Å². The smallest absolute Gasteiger partial charge is 0.253 e. The van der Waals surface area contributed by atoms with Gasteiger partial charge in [-0.2, -0.15) is 0 Å². The summed E-state index contributed by atoms with van der Waals surface area (Å²) < 4.78 is 32.6.